The zero-order chi connectivity index (χ0) is 17.8. The predicted octanol–water partition coefficient (Wildman–Crippen LogP) is 0.839. The van der Waals surface area contributed by atoms with Gasteiger partial charge in [-0.15, -0.1) is 0 Å². The van der Waals surface area contributed by atoms with Gasteiger partial charge in [0.2, 0.25) is 5.91 Å². The second-order valence-corrected chi connectivity index (χ2v) is 6.05. The second-order valence-electron chi connectivity index (χ2n) is 6.05. The Bertz CT molecular complexity index is 752. The monoisotopic (exact) mass is 344 g/mol. The van der Waals surface area contributed by atoms with Crippen molar-refractivity contribution in [3.8, 4) is 0 Å². The second kappa shape index (κ2) is 7.39. The van der Waals surface area contributed by atoms with E-state index in [4.69, 9.17) is 0 Å². The molecule has 9 heteroatoms. The number of amides is 1. The molecular weight excluding hydrogens is 324 g/mol. The summed E-state index contributed by atoms with van der Waals surface area (Å²) in [6, 6.07) is 3.96. The van der Waals surface area contributed by atoms with E-state index in [0.717, 1.165) is 25.2 Å². The topological polar surface area (TPSA) is 97.4 Å². The van der Waals surface area contributed by atoms with Crippen LogP contribution in [0.5, 0.6) is 0 Å². The Labute approximate surface area is 145 Å². The average molecular weight is 344 g/mol. The molecule has 9 nitrogen and oxygen atoms in total. The third-order valence-corrected chi connectivity index (χ3v) is 4.41. The van der Waals surface area contributed by atoms with Crippen LogP contribution in [0.4, 0.5) is 5.69 Å². The first kappa shape index (κ1) is 17.0. The molecule has 0 spiro atoms. The maximum absolute atomic E-state index is 12.4. The summed E-state index contributed by atoms with van der Waals surface area (Å²) >= 11 is 0. The van der Waals surface area contributed by atoms with Crippen molar-refractivity contribution in [1.82, 2.24) is 24.6 Å². The van der Waals surface area contributed by atoms with Gasteiger partial charge >= 0.3 is 5.69 Å². The van der Waals surface area contributed by atoms with E-state index < -0.39 is 4.92 Å². The van der Waals surface area contributed by atoms with E-state index in [1.54, 1.807) is 18.0 Å². The lowest BCUT2D eigenvalue weighted by molar-refractivity contribution is -0.385. The quantitative estimate of drug-likeness (QED) is 0.589. The van der Waals surface area contributed by atoms with E-state index in [0.29, 0.717) is 18.8 Å². The number of pyridine rings is 1. The molecule has 25 heavy (non-hydrogen) atoms. The minimum absolute atomic E-state index is 0.0300. The molecule has 2 aromatic heterocycles. The van der Waals surface area contributed by atoms with Crippen LogP contribution >= 0.6 is 0 Å². The third kappa shape index (κ3) is 4.00. The highest BCUT2D eigenvalue weighted by Gasteiger charge is 2.23. The minimum atomic E-state index is -0.486. The number of piperazine rings is 1. The summed E-state index contributed by atoms with van der Waals surface area (Å²) in [5.41, 5.74) is 1.49. The van der Waals surface area contributed by atoms with Crippen LogP contribution in [0.1, 0.15) is 11.3 Å². The summed E-state index contributed by atoms with van der Waals surface area (Å²) in [4.78, 5) is 31.0. The summed E-state index contributed by atoms with van der Waals surface area (Å²) in [7, 11) is 0. The van der Waals surface area contributed by atoms with Crippen LogP contribution in [0.15, 0.2) is 30.7 Å². The Morgan fingerprint density at radius 1 is 1.28 bits per heavy atom. The summed E-state index contributed by atoms with van der Waals surface area (Å²) < 4.78 is 1.39. The number of carbonyl (C=O) groups excluding carboxylic acids is 1. The van der Waals surface area contributed by atoms with Gasteiger partial charge in [-0.05, 0) is 18.6 Å². The minimum Gasteiger partial charge on any atom is -0.339 e. The van der Waals surface area contributed by atoms with Crippen molar-refractivity contribution in [2.45, 2.75) is 20.0 Å². The molecule has 2 aromatic rings. The molecule has 0 unspecified atom stereocenters. The van der Waals surface area contributed by atoms with Gasteiger partial charge in [0.15, 0.2) is 0 Å². The lowest BCUT2D eigenvalue weighted by atomic mass is 10.2. The zero-order valence-corrected chi connectivity index (χ0v) is 14.0. The Kier molecular flexibility index (Phi) is 5.03. The SMILES string of the molecule is Cc1c([N+](=O)[O-])cnn1CC(=O)N1CCN(Cc2cccnc2)CC1. The highest BCUT2D eigenvalue weighted by Crippen LogP contribution is 2.16. The molecule has 132 valence electrons. The molecule has 0 radical (unpaired) electrons. The maximum atomic E-state index is 12.4. The molecular formula is C16H20N6O3. The molecule has 1 amide bonds. The Hall–Kier alpha value is -2.81. The van der Waals surface area contributed by atoms with Crippen LogP contribution in [0.25, 0.3) is 0 Å². The van der Waals surface area contributed by atoms with Crippen molar-refractivity contribution in [2.24, 2.45) is 0 Å². The van der Waals surface area contributed by atoms with Gasteiger partial charge in [-0.1, -0.05) is 6.07 Å². The van der Waals surface area contributed by atoms with Gasteiger partial charge in [0.25, 0.3) is 0 Å². The van der Waals surface area contributed by atoms with E-state index in [9.17, 15) is 14.9 Å². The van der Waals surface area contributed by atoms with Gasteiger partial charge < -0.3 is 4.90 Å². The lowest BCUT2D eigenvalue weighted by Crippen LogP contribution is -2.49. The number of nitrogens with zero attached hydrogens (tertiary/aromatic N) is 6. The third-order valence-electron chi connectivity index (χ3n) is 4.41. The van der Waals surface area contributed by atoms with Crippen LogP contribution < -0.4 is 0 Å². The van der Waals surface area contributed by atoms with Crippen LogP contribution in [-0.2, 0) is 17.9 Å². The summed E-state index contributed by atoms with van der Waals surface area (Å²) in [5.74, 6) is -0.0675. The van der Waals surface area contributed by atoms with Gasteiger partial charge in [0.1, 0.15) is 18.4 Å². The van der Waals surface area contributed by atoms with E-state index in [1.165, 1.54) is 10.9 Å². The molecule has 1 aliphatic heterocycles. The first-order valence-electron chi connectivity index (χ1n) is 8.10. The fourth-order valence-electron chi connectivity index (χ4n) is 2.91. The number of aromatic nitrogens is 3. The van der Waals surface area contributed by atoms with Crippen molar-refractivity contribution in [3.63, 3.8) is 0 Å². The number of rotatable bonds is 5. The summed E-state index contributed by atoms with van der Waals surface area (Å²) in [6.07, 6.45) is 4.79. The van der Waals surface area contributed by atoms with Crippen LogP contribution in [0.3, 0.4) is 0 Å². The Balaban J connectivity index is 1.52. The van der Waals surface area contributed by atoms with Gasteiger partial charge in [0.05, 0.1) is 4.92 Å². The number of nitro groups is 1. The Morgan fingerprint density at radius 3 is 2.64 bits per heavy atom. The summed E-state index contributed by atoms with van der Waals surface area (Å²) in [6.45, 7) is 5.31. The first-order valence-corrected chi connectivity index (χ1v) is 8.10. The smallest absolute Gasteiger partial charge is 0.309 e. The predicted molar refractivity (Wildman–Crippen MR) is 89.7 cm³/mol. The number of carbonyl (C=O) groups is 1. The maximum Gasteiger partial charge on any atom is 0.309 e. The molecule has 1 saturated heterocycles. The number of hydrogen-bond donors (Lipinski definition) is 0. The van der Waals surface area contributed by atoms with Gasteiger partial charge in [-0.2, -0.15) is 5.10 Å². The van der Waals surface area contributed by atoms with Crippen molar-refractivity contribution < 1.29 is 9.72 Å². The molecule has 0 N–H and O–H groups in total. The van der Waals surface area contributed by atoms with Gasteiger partial charge in [-0.3, -0.25) is 29.5 Å². The molecule has 3 rings (SSSR count). The van der Waals surface area contributed by atoms with Crippen LogP contribution in [0.2, 0.25) is 0 Å². The summed E-state index contributed by atoms with van der Waals surface area (Å²) in [5, 5.41) is 14.8. The molecule has 0 aliphatic carbocycles. The molecule has 0 atom stereocenters. The van der Waals surface area contributed by atoms with Gasteiger partial charge in [0, 0.05) is 45.1 Å². The van der Waals surface area contributed by atoms with Crippen molar-refractivity contribution >= 4 is 11.6 Å². The zero-order valence-electron chi connectivity index (χ0n) is 14.0. The standard InChI is InChI=1S/C16H20N6O3/c1-13-15(22(24)25)10-18-21(13)12-16(23)20-7-5-19(6-8-20)11-14-3-2-4-17-9-14/h2-4,9-10H,5-8,11-12H2,1H3. The van der Waals surface area contributed by atoms with E-state index in [2.05, 4.69) is 15.0 Å². The fraction of sp³-hybridized carbons (Fsp3) is 0.438. The van der Waals surface area contributed by atoms with E-state index in [1.807, 2.05) is 18.3 Å². The molecule has 1 aliphatic rings. The largest absolute Gasteiger partial charge is 0.339 e. The highest BCUT2D eigenvalue weighted by atomic mass is 16.6. The normalized spacial score (nSPS) is 15.3. The Morgan fingerprint density at radius 2 is 2.04 bits per heavy atom. The molecule has 0 saturated carbocycles. The van der Waals surface area contributed by atoms with Crippen molar-refractivity contribution in [3.05, 3.63) is 52.1 Å². The van der Waals surface area contributed by atoms with E-state index in [-0.39, 0.29) is 18.1 Å². The van der Waals surface area contributed by atoms with Crippen LogP contribution in [-0.4, -0.2) is 61.6 Å². The van der Waals surface area contributed by atoms with E-state index >= 15 is 0 Å². The highest BCUT2D eigenvalue weighted by molar-refractivity contribution is 5.76. The first-order chi connectivity index (χ1) is 12.0. The van der Waals surface area contributed by atoms with Crippen molar-refractivity contribution in [1.29, 1.82) is 0 Å². The molecule has 1 fully saturated rings. The lowest BCUT2D eigenvalue weighted by Gasteiger charge is -2.34. The average Bonchev–Trinajstić information content (AvgIpc) is 2.97. The molecule has 3 heterocycles. The fourth-order valence-corrected chi connectivity index (χ4v) is 2.91. The number of hydrogen-bond acceptors (Lipinski definition) is 6. The van der Waals surface area contributed by atoms with Crippen molar-refractivity contribution in [2.75, 3.05) is 26.2 Å². The van der Waals surface area contributed by atoms with Gasteiger partial charge in [-0.25, -0.2) is 0 Å². The molecule has 0 aromatic carbocycles. The van der Waals surface area contributed by atoms with Crippen LogP contribution in [0, 0.1) is 17.0 Å². The molecule has 0 bridgehead atoms.